The minimum Gasteiger partial charge on any atom is -0.447 e. The van der Waals surface area contributed by atoms with Crippen molar-refractivity contribution in [3.63, 3.8) is 0 Å². The number of carbonyl (C=O) groups excluding carboxylic acids is 3. The summed E-state index contributed by atoms with van der Waals surface area (Å²) >= 11 is 0. The van der Waals surface area contributed by atoms with E-state index in [2.05, 4.69) is 4.74 Å². The lowest BCUT2D eigenvalue weighted by Gasteiger charge is -2.06. The minimum atomic E-state index is -0.670. The van der Waals surface area contributed by atoms with Crippen LogP contribution in [0.15, 0.2) is 42.5 Å². The molecule has 0 atom stereocenters. The van der Waals surface area contributed by atoms with Gasteiger partial charge in [0.05, 0.1) is 6.54 Å². The standard InChI is InChI=1S/C13H11NO4/c15-11(10-4-2-1-3-5-10)6-7-12(16)14-8-9-18-13(14)17/h1-7H,8-9H2/b7-6+. The van der Waals surface area contributed by atoms with E-state index in [1.54, 1.807) is 30.3 Å². The van der Waals surface area contributed by atoms with Crippen molar-refractivity contribution in [2.45, 2.75) is 0 Å². The molecule has 92 valence electrons. The van der Waals surface area contributed by atoms with Gasteiger partial charge < -0.3 is 4.74 Å². The lowest BCUT2D eigenvalue weighted by molar-refractivity contribution is -0.122. The Morgan fingerprint density at radius 3 is 2.50 bits per heavy atom. The Bertz CT molecular complexity index is 507. The highest BCUT2D eigenvalue weighted by molar-refractivity contribution is 6.09. The highest BCUT2D eigenvalue weighted by Crippen LogP contribution is 2.05. The fourth-order valence-electron chi connectivity index (χ4n) is 1.53. The van der Waals surface area contributed by atoms with Crippen molar-refractivity contribution in [3.8, 4) is 0 Å². The molecule has 1 aromatic carbocycles. The van der Waals surface area contributed by atoms with Gasteiger partial charge in [-0.3, -0.25) is 9.59 Å². The third kappa shape index (κ3) is 2.63. The minimum absolute atomic E-state index is 0.199. The number of hydrogen-bond acceptors (Lipinski definition) is 4. The van der Waals surface area contributed by atoms with E-state index in [1.165, 1.54) is 0 Å². The van der Waals surface area contributed by atoms with E-state index in [9.17, 15) is 14.4 Å². The number of allylic oxidation sites excluding steroid dienone is 1. The first-order valence-corrected chi connectivity index (χ1v) is 5.44. The SMILES string of the molecule is O=C(/C=C/C(=O)N1CCOC1=O)c1ccccc1. The molecule has 0 spiro atoms. The van der Waals surface area contributed by atoms with Gasteiger partial charge in [0.1, 0.15) is 6.61 Å². The molecule has 18 heavy (non-hydrogen) atoms. The molecule has 1 aliphatic rings. The monoisotopic (exact) mass is 245 g/mol. The van der Waals surface area contributed by atoms with E-state index in [0.717, 1.165) is 17.1 Å². The fraction of sp³-hybridized carbons (Fsp3) is 0.154. The predicted octanol–water partition coefficient (Wildman–Crippen LogP) is 1.40. The molecular formula is C13H11NO4. The van der Waals surface area contributed by atoms with Gasteiger partial charge in [-0.25, -0.2) is 9.69 Å². The normalized spacial score (nSPS) is 14.9. The van der Waals surface area contributed by atoms with Crippen LogP contribution in [-0.4, -0.2) is 35.8 Å². The molecule has 1 heterocycles. The summed E-state index contributed by atoms with van der Waals surface area (Å²) in [4.78, 5) is 35.3. The number of amides is 2. The maximum absolute atomic E-state index is 11.7. The number of ketones is 1. The Balaban J connectivity index is 2.01. The van der Waals surface area contributed by atoms with Crippen LogP contribution >= 0.6 is 0 Å². The molecule has 1 saturated heterocycles. The highest BCUT2D eigenvalue weighted by atomic mass is 16.6. The van der Waals surface area contributed by atoms with Crippen molar-refractivity contribution in [1.29, 1.82) is 0 Å². The second-order valence-electron chi connectivity index (χ2n) is 3.67. The largest absolute Gasteiger partial charge is 0.447 e. The van der Waals surface area contributed by atoms with Crippen molar-refractivity contribution in [2.24, 2.45) is 0 Å². The number of hydrogen-bond donors (Lipinski definition) is 0. The van der Waals surface area contributed by atoms with Crippen LogP contribution in [-0.2, 0) is 9.53 Å². The quantitative estimate of drug-likeness (QED) is 0.596. The lowest BCUT2D eigenvalue weighted by atomic mass is 10.1. The molecule has 2 amide bonds. The number of rotatable bonds is 3. The first kappa shape index (κ1) is 12.0. The molecule has 0 bridgehead atoms. The Morgan fingerprint density at radius 1 is 1.17 bits per heavy atom. The Morgan fingerprint density at radius 2 is 1.89 bits per heavy atom. The van der Waals surface area contributed by atoms with Crippen LogP contribution in [0.25, 0.3) is 0 Å². The molecule has 1 aromatic rings. The number of cyclic esters (lactones) is 1. The molecule has 0 aromatic heterocycles. The first-order valence-electron chi connectivity index (χ1n) is 5.44. The van der Waals surface area contributed by atoms with Crippen molar-refractivity contribution >= 4 is 17.8 Å². The average molecular weight is 245 g/mol. The molecule has 0 N–H and O–H groups in total. The summed E-state index contributed by atoms with van der Waals surface area (Å²) < 4.78 is 4.63. The molecular weight excluding hydrogens is 234 g/mol. The van der Waals surface area contributed by atoms with Gasteiger partial charge in [0.15, 0.2) is 5.78 Å². The molecule has 0 unspecified atom stereocenters. The average Bonchev–Trinajstić information content (AvgIpc) is 2.83. The van der Waals surface area contributed by atoms with Crippen LogP contribution in [0.4, 0.5) is 4.79 Å². The zero-order valence-corrected chi connectivity index (χ0v) is 9.54. The van der Waals surface area contributed by atoms with E-state index in [4.69, 9.17) is 0 Å². The van der Waals surface area contributed by atoms with E-state index >= 15 is 0 Å². The Labute approximate surface area is 104 Å². The third-order valence-electron chi connectivity index (χ3n) is 2.46. The number of benzene rings is 1. The van der Waals surface area contributed by atoms with Crippen molar-refractivity contribution in [3.05, 3.63) is 48.0 Å². The zero-order chi connectivity index (χ0) is 13.0. The van der Waals surface area contributed by atoms with Crippen molar-refractivity contribution in [2.75, 3.05) is 13.2 Å². The maximum Gasteiger partial charge on any atom is 0.416 e. The summed E-state index contributed by atoms with van der Waals surface area (Å²) in [6.07, 6.45) is 1.57. The van der Waals surface area contributed by atoms with Gasteiger partial charge in [0.25, 0.3) is 5.91 Å². The summed E-state index contributed by atoms with van der Waals surface area (Å²) in [5.74, 6) is -0.821. The van der Waals surface area contributed by atoms with Gasteiger partial charge in [-0.1, -0.05) is 30.3 Å². The Hall–Kier alpha value is -2.43. The van der Waals surface area contributed by atoms with E-state index < -0.39 is 12.0 Å². The topological polar surface area (TPSA) is 63.7 Å². The van der Waals surface area contributed by atoms with Crippen LogP contribution in [0.2, 0.25) is 0 Å². The van der Waals surface area contributed by atoms with Gasteiger partial charge >= 0.3 is 6.09 Å². The van der Waals surface area contributed by atoms with Gasteiger partial charge in [-0.05, 0) is 6.08 Å². The smallest absolute Gasteiger partial charge is 0.416 e. The summed E-state index contributed by atoms with van der Waals surface area (Å²) in [5.41, 5.74) is 0.491. The zero-order valence-electron chi connectivity index (χ0n) is 9.54. The summed E-state index contributed by atoms with van der Waals surface area (Å²) in [6, 6.07) is 8.58. The third-order valence-corrected chi connectivity index (χ3v) is 2.46. The van der Waals surface area contributed by atoms with Gasteiger partial charge in [-0.2, -0.15) is 0 Å². The number of imide groups is 1. The van der Waals surface area contributed by atoms with Crippen LogP contribution in [0, 0.1) is 0 Å². The molecule has 2 rings (SSSR count). The van der Waals surface area contributed by atoms with Gasteiger partial charge in [-0.15, -0.1) is 0 Å². The number of nitrogens with zero attached hydrogens (tertiary/aromatic N) is 1. The second-order valence-corrected chi connectivity index (χ2v) is 3.67. The fourth-order valence-corrected chi connectivity index (χ4v) is 1.53. The van der Waals surface area contributed by atoms with Crippen LogP contribution in [0.3, 0.4) is 0 Å². The van der Waals surface area contributed by atoms with E-state index in [-0.39, 0.29) is 18.9 Å². The predicted molar refractivity (Wildman–Crippen MR) is 63.0 cm³/mol. The Kier molecular flexibility index (Phi) is 3.52. The van der Waals surface area contributed by atoms with Gasteiger partial charge in [0, 0.05) is 11.6 Å². The molecule has 1 aliphatic heterocycles. The summed E-state index contributed by atoms with van der Waals surface area (Å²) in [5, 5.41) is 0. The van der Waals surface area contributed by atoms with E-state index in [1.807, 2.05) is 0 Å². The number of ether oxygens (including phenoxy) is 1. The molecule has 1 fully saturated rings. The highest BCUT2D eigenvalue weighted by Gasteiger charge is 2.26. The molecule has 0 aliphatic carbocycles. The van der Waals surface area contributed by atoms with Gasteiger partial charge in [0.2, 0.25) is 0 Å². The van der Waals surface area contributed by atoms with E-state index in [0.29, 0.717) is 5.56 Å². The molecule has 0 saturated carbocycles. The summed E-state index contributed by atoms with van der Waals surface area (Å²) in [6.45, 7) is 0.423. The van der Waals surface area contributed by atoms with Crippen LogP contribution < -0.4 is 0 Å². The van der Waals surface area contributed by atoms with Crippen LogP contribution in [0.5, 0.6) is 0 Å². The maximum atomic E-state index is 11.7. The van der Waals surface area contributed by atoms with Crippen LogP contribution in [0.1, 0.15) is 10.4 Å². The van der Waals surface area contributed by atoms with Crippen molar-refractivity contribution in [1.82, 2.24) is 4.90 Å². The molecule has 5 nitrogen and oxygen atoms in total. The molecule has 5 heteroatoms. The lowest BCUT2D eigenvalue weighted by Crippen LogP contribution is -2.30. The summed E-state index contributed by atoms with van der Waals surface area (Å²) in [7, 11) is 0. The number of carbonyl (C=O) groups is 3. The molecule has 0 radical (unpaired) electrons. The first-order chi connectivity index (χ1) is 8.68. The second kappa shape index (κ2) is 5.27. The van der Waals surface area contributed by atoms with Crippen molar-refractivity contribution < 1.29 is 19.1 Å².